The van der Waals surface area contributed by atoms with Crippen LogP contribution < -0.4 is 0 Å². The fraction of sp³-hybridized carbons (Fsp3) is 0.818. The van der Waals surface area contributed by atoms with Crippen LogP contribution in [0.1, 0.15) is 33.1 Å². The molecule has 82 valence electrons. The molecule has 2 fully saturated rings. The molecule has 1 aliphatic carbocycles. The molecule has 0 bridgehead atoms. The van der Waals surface area contributed by atoms with Crippen LogP contribution in [0.3, 0.4) is 0 Å². The molecule has 0 spiro atoms. The average molecular weight is 208 g/mol. The minimum absolute atomic E-state index is 0.0658. The summed E-state index contributed by atoms with van der Waals surface area (Å²) in [4.78, 5) is 13.2. The van der Waals surface area contributed by atoms with E-state index in [2.05, 4.69) is 6.19 Å². The van der Waals surface area contributed by atoms with Crippen LogP contribution in [0, 0.1) is 17.4 Å². The molecule has 3 atom stereocenters. The lowest BCUT2D eigenvalue weighted by molar-refractivity contribution is -0.148. The lowest BCUT2D eigenvalue weighted by Crippen LogP contribution is -2.31. The third kappa shape index (κ3) is 2.06. The van der Waals surface area contributed by atoms with Crippen LogP contribution in [0.5, 0.6) is 0 Å². The molecular weight excluding hydrogens is 192 g/mol. The Morgan fingerprint density at radius 3 is 2.93 bits per heavy atom. The van der Waals surface area contributed by atoms with Gasteiger partial charge in [-0.25, -0.2) is 0 Å². The van der Waals surface area contributed by atoms with Crippen molar-refractivity contribution in [2.24, 2.45) is 5.92 Å². The Morgan fingerprint density at radius 2 is 2.33 bits per heavy atom. The second-order valence-electron chi connectivity index (χ2n) is 4.70. The Labute approximate surface area is 89.8 Å². The number of likely N-dealkylation sites (tertiary alicyclic amines) is 1. The maximum Gasteiger partial charge on any atom is 0.308 e. The van der Waals surface area contributed by atoms with E-state index in [9.17, 15) is 4.79 Å². The first kappa shape index (κ1) is 10.3. The Morgan fingerprint density at radius 1 is 1.60 bits per heavy atom. The standard InChI is InChI=1S/C11H16N2O2/c1-7(2)15-11(14)5-9-3-8-4-10(8)13(9)6-12/h7-10H,3-5H2,1-2H3. The van der Waals surface area contributed by atoms with Gasteiger partial charge in [0.15, 0.2) is 6.19 Å². The molecular formula is C11H16N2O2. The summed E-state index contributed by atoms with van der Waals surface area (Å²) in [7, 11) is 0. The highest BCUT2D eigenvalue weighted by Crippen LogP contribution is 2.48. The number of ether oxygens (including phenoxy) is 1. The molecule has 0 amide bonds. The Kier molecular flexibility index (Phi) is 2.56. The van der Waals surface area contributed by atoms with Gasteiger partial charge < -0.3 is 9.64 Å². The molecule has 0 radical (unpaired) electrons. The second-order valence-corrected chi connectivity index (χ2v) is 4.70. The van der Waals surface area contributed by atoms with Crippen molar-refractivity contribution in [1.82, 2.24) is 4.90 Å². The number of nitrogens with zero attached hydrogens (tertiary/aromatic N) is 2. The first-order chi connectivity index (χ1) is 7.11. The van der Waals surface area contributed by atoms with Gasteiger partial charge in [0.1, 0.15) is 0 Å². The fourth-order valence-electron chi connectivity index (χ4n) is 2.40. The van der Waals surface area contributed by atoms with Gasteiger partial charge in [0, 0.05) is 6.04 Å². The summed E-state index contributed by atoms with van der Waals surface area (Å²) in [6.45, 7) is 3.68. The van der Waals surface area contributed by atoms with Crippen molar-refractivity contribution in [2.45, 2.75) is 51.3 Å². The Bertz CT molecular complexity index is 308. The van der Waals surface area contributed by atoms with E-state index in [0.29, 0.717) is 18.4 Å². The highest BCUT2D eigenvalue weighted by atomic mass is 16.5. The van der Waals surface area contributed by atoms with E-state index in [-0.39, 0.29) is 18.1 Å². The summed E-state index contributed by atoms with van der Waals surface area (Å²) < 4.78 is 5.08. The van der Waals surface area contributed by atoms with Gasteiger partial charge in [-0.1, -0.05) is 0 Å². The molecule has 0 N–H and O–H groups in total. The molecule has 3 unspecified atom stereocenters. The molecule has 15 heavy (non-hydrogen) atoms. The zero-order chi connectivity index (χ0) is 11.0. The van der Waals surface area contributed by atoms with Crippen LogP contribution in [-0.2, 0) is 9.53 Å². The number of fused-ring (bicyclic) bond motifs is 1. The molecule has 2 rings (SSSR count). The number of esters is 1. The zero-order valence-electron chi connectivity index (χ0n) is 9.14. The van der Waals surface area contributed by atoms with Crippen molar-refractivity contribution in [1.29, 1.82) is 5.26 Å². The predicted octanol–water partition coefficient (Wildman–Crippen LogP) is 1.27. The topological polar surface area (TPSA) is 53.3 Å². The number of rotatable bonds is 3. The number of carbonyl (C=O) groups excluding carboxylic acids is 1. The number of nitriles is 1. The van der Waals surface area contributed by atoms with Crippen LogP contribution in [0.2, 0.25) is 0 Å². The molecule has 0 aromatic rings. The first-order valence-electron chi connectivity index (χ1n) is 5.49. The van der Waals surface area contributed by atoms with Gasteiger partial charge >= 0.3 is 5.97 Å². The van der Waals surface area contributed by atoms with Gasteiger partial charge in [-0.05, 0) is 32.6 Å². The SMILES string of the molecule is CC(C)OC(=O)CC1CC2CC2N1C#N. The monoisotopic (exact) mass is 208 g/mol. The molecule has 1 aliphatic heterocycles. The minimum atomic E-state index is -0.184. The molecule has 4 heteroatoms. The maximum absolute atomic E-state index is 11.4. The maximum atomic E-state index is 11.4. The van der Waals surface area contributed by atoms with Gasteiger partial charge in [-0.3, -0.25) is 4.79 Å². The van der Waals surface area contributed by atoms with E-state index in [4.69, 9.17) is 10.00 Å². The molecule has 1 saturated carbocycles. The zero-order valence-corrected chi connectivity index (χ0v) is 9.14. The number of hydrogen-bond acceptors (Lipinski definition) is 4. The predicted molar refractivity (Wildman–Crippen MR) is 53.6 cm³/mol. The fourth-order valence-corrected chi connectivity index (χ4v) is 2.40. The van der Waals surface area contributed by atoms with Crippen LogP contribution in [-0.4, -0.2) is 29.1 Å². The summed E-state index contributed by atoms with van der Waals surface area (Å²) >= 11 is 0. The second kappa shape index (κ2) is 3.73. The molecule has 1 heterocycles. The quantitative estimate of drug-likeness (QED) is 0.517. The van der Waals surface area contributed by atoms with Gasteiger partial charge in [0.25, 0.3) is 0 Å². The smallest absolute Gasteiger partial charge is 0.308 e. The molecule has 0 aromatic heterocycles. The summed E-state index contributed by atoms with van der Waals surface area (Å²) in [6.07, 6.45) is 4.59. The summed E-state index contributed by atoms with van der Waals surface area (Å²) in [6, 6.07) is 0.511. The average Bonchev–Trinajstić information content (AvgIpc) is 2.77. The highest BCUT2D eigenvalue weighted by molar-refractivity contribution is 5.70. The molecule has 0 aromatic carbocycles. The summed E-state index contributed by atoms with van der Waals surface area (Å²) in [5, 5.41) is 8.95. The normalized spacial score (nSPS) is 32.4. The van der Waals surface area contributed by atoms with Gasteiger partial charge in [0.2, 0.25) is 0 Å². The van der Waals surface area contributed by atoms with E-state index in [1.807, 2.05) is 13.8 Å². The molecule has 1 saturated heterocycles. The van der Waals surface area contributed by atoms with Crippen molar-refractivity contribution in [2.75, 3.05) is 0 Å². The molecule has 2 aliphatic rings. The van der Waals surface area contributed by atoms with Crippen molar-refractivity contribution in [3.05, 3.63) is 0 Å². The number of hydrogen-bond donors (Lipinski definition) is 0. The summed E-state index contributed by atoms with van der Waals surface area (Å²) in [5.41, 5.74) is 0. The van der Waals surface area contributed by atoms with E-state index < -0.39 is 0 Å². The van der Waals surface area contributed by atoms with Crippen molar-refractivity contribution in [3.63, 3.8) is 0 Å². The van der Waals surface area contributed by atoms with Crippen molar-refractivity contribution < 1.29 is 9.53 Å². The third-order valence-electron chi connectivity index (χ3n) is 3.10. The lowest BCUT2D eigenvalue weighted by atomic mass is 10.1. The van der Waals surface area contributed by atoms with Crippen LogP contribution in [0.25, 0.3) is 0 Å². The minimum Gasteiger partial charge on any atom is -0.463 e. The van der Waals surface area contributed by atoms with E-state index in [1.54, 1.807) is 4.90 Å². The first-order valence-corrected chi connectivity index (χ1v) is 5.49. The van der Waals surface area contributed by atoms with Crippen LogP contribution >= 0.6 is 0 Å². The third-order valence-corrected chi connectivity index (χ3v) is 3.10. The van der Waals surface area contributed by atoms with Gasteiger partial charge in [-0.2, -0.15) is 5.26 Å². The van der Waals surface area contributed by atoms with Gasteiger partial charge in [-0.15, -0.1) is 0 Å². The van der Waals surface area contributed by atoms with E-state index in [0.717, 1.165) is 12.8 Å². The van der Waals surface area contributed by atoms with Crippen LogP contribution in [0.15, 0.2) is 0 Å². The largest absolute Gasteiger partial charge is 0.463 e. The number of piperidine rings is 1. The summed E-state index contributed by atoms with van der Waals surface area (Å²) in [5.74, 6) is 0.470. The van der Waals surface area contributed by atoms with Crippen LogP contribution in [0.4, 0.5) is 0 Å². The van der Waals surface area contributed by atoms with Gasteiger partial charge in [0.05, 0.1) is 18.6 Å². The van der Waals surface area contributed by atoms with E-state index in [1.165, 1.54) is 0 Å². The van der Waals surface area contributed by atoms with Crippen molar-refractivity contribution in [3.8, 4) is 6.19 Å². The molecule has 4 nitrogen and oxygen atoms in total. The van der Waals surface area contributed by atoms with E-state index >= 15 is 0 Å². The van der Waals surface area contributed by atoms with Crippen molar-refractivity contribution >= 4 is 5.97 Å². The Balaban J connectivity index is 1.85. The highest BCUT2D eigenvalue weighted by Gasteiger charge is 2.52. The Hall–Kier alpha value is -1.24. The lowest BCUT2D eigenvalue weighted by Gasteiger charge is -2.21. The number of carbonyl (C=O) groups is 1.